The highest BCUT2D eigenvalue weighted by Gasteiger charge is 2.41. The molecule has 422 valence electrons. The second kappa shape index (κ2) is 23.8. The third-order valence-electron chi connectivity index (χ3n) is 14.1. The van der Waals surface area contributed by atoms with Gasteiger partial charge < -0.3 is 28.4 Å². The second-order valence-corrected chi connectivity index (χ2v) is 21.3. The molecular formula is C68H60O15. The zero-order valence-electron chi connectivity index (χ0n) is 47.5. The van der Waals surface area contributed by atoms with Crippen LogP contribution in [0.5, 0.6) is 34.5 Å². The summed E-state index contributed by atoms with van der Waals surface area (Å²) >= 11 is 0. The topological polar surface area (TPSA) is 209 Å². The van der Waals surface area contributed by atoms with E-state index < -0.39 is 82.8 Å². The predicted octanol–water partition coefficient (Wildman–Crippen LogP) is 14.0. The third kappa shape index (κ3) is 10.9. The van der Waals surface area contributed by atoms with Crippen LogP contribution in [0.4, 0.5) is 0 Å². The fourth-order valence-electron chi connectivity index (χ4n) is 9.77. The molecule has 0 spiro atoms. The fraction of sp³-hybridized carbons (Fsp3) is 0.250. The number of ketones is 3. The molecule has 0 bridgehead atoms. The van der Waals surface area contributed by atoms with Crippen LogP contribution in [0.3, 0.4) is 0 Å². The number of carbonyl (C=O) groups is 9. The molecule has 0 N–H and O–H groups in total. The molecule has 0 saturated heterocycles. The van der Waals surface area contributed by atoms with Crippen molar-refractivity contribution in [3.8, 4) is 34.5 Å². The lowest BCUT2D eigenvalue weighted by molar-refractivity contribution is -0.138. The Balaban J connectivity index is 1.44. The molecule has 0 unspecified atom stereocenters. The van der Waals surface area contributed by atoms with E-state index in [0.29, 0.717) is 16.2 Å². The smallest absolute Gasteiger partial charge is 0.313 e. The number of Topliss-reactive ketones (excluding diaryl/α,β-unsaturated/α-hetero) is 3. The van der Waals surface area contributed by atoms with Crippen molar-refractivity contribution in [3.05, 3.63) is 144 Å². The van der Waals surface area contributed by atoms with E-state index >= 15 is 14.4 Å². The molecule has 0 atom stereocenters. The van der Waals surface area contributed by atoms with Crippen molar-refractivity contribution in [1.82, 2.24) is 0 Å². The molecular weight excluding hydrogens is 1060 g/mol. The van der Waals surface area contributed by atoms with Crippen LogP contribution in [0.15, 0.2) is 127 Å². The molecule has 0 heterocycles. The Hall–Kier alpha value is -9.63. The van der Waals surface area contributed by atoms with Gasteiger partial charge in [0.25, 0.3) is 0 Å². The van der Waals surface area contributed by atoms with Crippen LogP contribution >= 0.6 is 0 Å². The summed E-state index contributed by atoms with van der Waals surface area (Å²) in [4.78, 5) is 132. The highest BCUT2D eigenvalue weighted by molar-refractivity contribution is 6.38. The van der Waals surface area contributed by atoms with Gasteiger partial charge in [-0.15, -0.1) is 0 Å². The highest BCUT2D eigenvalue weighted by atomic mass is 16.6. The summed E-state index contributed by atoms with van der Waals surface area (Å²) < 4.78 is 36.9. The summed E-state index contributed by atoms with van der Waals surface area (Å²) in [6.45, 7) is 16.2. The van der Waals surface area contributed by atoms with Crippen LogP contribution in [0.1, 0.15) is 113 Å². The van der Waals surface area contributed by atoms with Gasteiger partial charge in [0.15, 0.2) is 17.3 Å². The van der Waals surface area contributed by atoms with Crippen LogP contribution in [-0.2, 0) is 28.8 Å². The average Bonchev–Trinajstić information content (AvgIpc) is 3.65. The van der Waals surface area contributed by atoms with Gasteiger partial charge in [-0.2, -0.15) is 0 Å². The summed E-state index contributed by atoms with van der Waals surface area (Å²) in [5.74, 6) is -13.0. The van der Waals surface area contributed by atoms with Crippen molar-refractivity contribution in [2.45, 2.75) is 82.1 Å². The molecule has 0 radical (unpaired) electrons. The Kier molecular flexibility index (Phi) is 16.7. The number of hydrogen-bond donors (Lipinski definition) is 0. The Bertz CT molecular complexity index is 4040. The van der Waals surface area contributed by atoms with Crippen molar-refractivity contribution in [3.63, 3.8) is 0 Å². The Morgan fingerprint density at radius 1 is 0.289 bits per heavy atom. The molecule has 83 heavy (non-hydrogen) atoms. The molecule has 15 nitrogen and oxygen atoms in total. The van der Waals surface area contributed by atoms with Crippen LogP contribution in [0.25, 0.3) is 64.6 Å². The SMILES string of the molecule is CCC(=O)Oc1c2ccccc2c(OC(=O)C(C)C)c2c(C(=O)C(C(=O)c3cccc4c(OC(=O)CC)c5ccccc5c(OC(=O)C(C)C)c34)C(=O)c3cccc4c(OC(=O)C(C)C)c5ccccc5c(OC(=O)C(C)C)c34)cccc12. The van der Waals surface area contributed by atoms with Crippen LogP contribution in [0, 0.1) is 29.6 Å². The summed E-state index contributed by atoms with van der Waals surface area (Å²) in [5, 5.41) is 1.83. The number of carbonyl (C=O) groups excluding carboxylic acids is 9. The van der Waals surface area contributed by atoms with Gasteiger partial charge in [0, 0.05) is 94.2 Å². The average molecular weight is 1120 g/mol. The number of ether oxygens (including phenoxy) is 6. The van der Waals surface area contributed by atoms with E-state index in [2.05, 4.69) is 0 Å². The molecule has 9 aromatic carbocycles. The monoisotopic (exact) mass is 1120 g/mol. The predicted molar refractivity (Wildman–Crippen MR) is 315 cm³/mol. The van der Waals surface area contributed by atoms with Gasteiger partial charge in [-0.25, -0.2) is 0 Å². The molecule has 0 amide bonds. The first-order chi connectivity index (χ1) is 39.7. The van der Waals surface area contributed by atoms with Crippen molar-refractivity contribution < 1.29 is 71.6 Å². The first-order valence-electron chi connectivity index (χ1n) is 27.5. The lowest BCUT2D eigenvalue weighted by Gasteiger charge is -2.23. The number of hydrogen-bond acceptors (Lipinski definition) is 15. The standard InChI is InChI=1S/C68H60O15/c1-11-50(69)78-59-38-22-13-16-25-41(38)62(81-66(75)35(5)6)52-44(28-19-31-47(52)59)56(71)55(57(72)45-29-20-32-48-53(45)63(82-67(76)36(7)8)42-26-17-14-23-39(42)60(48)79-51(70)12-2)58(73)46-30-21-33-49-54(46)64(83-68(77)37(9)10)43-27-18-15-24-40(43)61(49)80-65(74)34(3)4/h13-37,55H,11-12H2,1-10H3. The van der Waals surface area contributed by atoms with Gasteiger partial charge >= 0.3 is 35.8 Å². The molecule has 0 aliphatic rings. The zero-order chi connectivity index (χ0) is 59.7. The largest absolute Gasteiger partial charge is 0.425 e. The minimum Gasteiger partial charge on any atom is -0.425 e. The fourth-order valence-corrected chi connectivity index (χ4v) is 9.77. The molecule has 0 aliphatic heterocycles. The third-order valence-corrected chi connectivity index (χ3v) is 14.1. The number of rotatable bonds is 18. The minimum atomic E-state index is -2.43. The van der Waals surface area contributed by atoms with Gasteiger partial charge in [-0.3, -0.25) is 43.2 Å². The summed E-state index contributed by atoms with van der Waals surface area (Å²) in [6.07, 6.45) is -0.101. The van der Waals surface area contributed by atoms with Crippen molar-refractivity contribution >= 4 is 118 Å². The molecule has 0 saturated carbocycles. The van der Waals surface area contributed by atoms with Gasteiger partial charge in [-0.1, -0.05) is 197 Å². The summed E-state index contributed by atoms with van der Waals surface area (Å²) in [5.41, 5.74) is -0.963. The van der Waals surface area contributed by atoms with Crippen LogP contribution in [-0.4, -0.2) is 53.2 Å². The van der Waals surface area contributed by atoms with E-state index in [1.54, 1.807) is 160 Å². The minimum absolute atomic E-state index is 0.000828. The number of benzene rings is 9. The molecule has 0 fully saturated rings. The quantitative estimate of drug-likeness (QED) is 0.0257. The molecule has 15 heteroatoms. The lowest BCUT2D eigenvalue weighted by Crippen LogP contribution is -2.33. The van der Waals surface area contributed by atoms with E-state index in [9.17, 15) is 28.8 Å². The van der Waals surface area contributed by atoms with Crippen molar-refractivity contribution in [2.24, 2.45) is 29.6 Å². The number of fused-ring (bicyclic) bond motifs is 6. The molecule has 0 aromatic heterocycles. The van der Waals surface area contributed by atoms with E-state index in [-0.39, 0.29) is 113 Å². The Morgan fingerprint density at radius 3 is 0.747 bits per heavy atom. The van der Waals surface area contributed by atoms with Gasteiger partial charge in [-0.05, 0) is 0 Å². The zero-order valence-corrected chi connectivity index (χ0v) is 47.5. The van der Waals surface area contributed by atoms with Gasteiger partial charge in [0.1, 0.15) is 40.4 Å². The molecule has 9 rings (SSSR count). The Labute approximate surface area is 477 Å². The lowest BCUT2D eigenvalue weighted by atomic mass is 9.80. The van der Waals surface area contributed by atoms with Gasteiger partial charge in [0.05, 0.1) is 23.7 Å². The highest BCUT2D eigenvalue weighted by Crippen LogP contribution is 2.50. The Morgan fingerprint density at radius 2 is 0.506 bits per heavy atom. The van der Waals surface area contributed by atoms with Gasteiger partial charge in [0.2, 0.25) is 0 Å². The maximum absolute atomic E-state index is 16.6. The van der Waals surface area contributed by atoms with E-state index in [1.165, 1.54) is 36.4 Å². The first-order valence-corrected chi connectivity index (χ1v) is 27.5. The molecule has 0 aliphatic carbocycles. The second-order valence-electron chi connectivity index (χ2n) is 21.3. The van der Waals surface area contributed by atoms with E-state index in [1.807, 2.05) is 0 Å². The van der Waals surface area contributed by atoms with Crippen LogP contribution < -0.4 is 28.4 Å². The summed E-state index contributed by atoms with van der Waals surface area (Å²) in [7, 11) is 0. The normalized spacial score (nSPS) is 11.6. The summed E-state index contributed by atoms with van der Waals surface area (Å²) in [6, 6.07) is 33.0. The van der Waals surface area contributed by atoms with Crippen molar-refractivity contribution in [2.75, 3.05) is 0 Å². The van der Waals surface area contributed by atoms with E-state index in [0.717, 1.165) is 0 Å². The molecule has 9 aromatic rings. The first kappa shape index (κ1) is 58.0. The maximum atomic E-state index is 16.6. The van der Waals surface area contributed by atoms with E-state index in [4.69, 9.17) is 28.4 Å². The van der Waals surface area contributed by atoms with Crippen LogP contribution in [0.2, 0.25) is 0 Å². The van der Waals surface area contributed by atoms with Crippen molar-refractivity contribution in [1.29, 1.82) is 0 Å². The number of esters is 6. The maximum Gasteiger partial charge on any atom is 0.313 e.